The Bertz CT molecular complexity index is 731. The molecule has 1 aliphatic rings. The molecule has 0 heterocycles. The van der Waals surface area contributed by atoms with Gasteiger partial charge in [0.25, 0.3) is 0 Å². The summed E-state index contributed by atoms with van der Waals surface area (Å²) < 4.78 is 27.4. The van der Waals surface area contributed by atoms with Crippen LogP contribution in [0.15, 0.2) is 42.5 Å². The standard InChI is InChI=1S/C18H18F2N2O2/c19-14-6-3-7-15(20)17(14)13-8-16(13)22-18(24)21-9-11-4-1-2-5-12(11)10-23/h1-7,13,16,23H,8-10H2,(H2,21,22,24). The topological polar surface area (TPSA) is 61.4 Å². The van der Waals surface area contributed by atoms with E-state index in [9.17, 15) is 18.7 Å². The molecule has 0 radical (unpaired) electrons. The van der Waals surface area contributed by atoms with E-state index in [4.69, 9.17) is 0 Å². The number of benzene rings is 2. The summed E-state index contributed by atoms with van der Waals surface area (Å²) >= 11 is 0. The number of aliphatic hydroxyl groups is 1. The van der Waals surface area contributed by atoms with Crippen molar-refractivity contribution in [3.05, 3.63) is 70.8 Å². The zero-order valence-corrected chi connectivity index (χ0v) is 12.9. The highest BCUT2D eigenvalue weighted by molar-refractivity contribution is 5.75. The van der Waals surface area contributed by atoms with E-state index >= 15 is 0 Å². The first-order valence-electron chi connectivity index (χ1n) is 7.76. The predicted molar refractivity (Wildman–Crippen MR) is 85.2 cm³/mol. The number of hydrogen-bond acceptors (Lipinski definition) is 2. The van der Waals surface area contributed by atoms with Crippen molar-refractivity contribution in [3.63, 3.8) is 0 Å². The van der Waals surface area contributed by atoms with Crippen LogP contribution < -0.4 is 10.6 Å². The van der Waals surface area contributed by atoms with Crippen LogP contribution in [0, 0.1) is 11.6 Å². The Labute approximate surface area is 138 Å². The monoisotopic (exact) mass is 332 g/mol. The normalized spacial score (nSPS) is 19.0. The van der Waals surface area contributed by atoms with Gasteiger partial charge in [0.1, 0.15) is 11.6 Å². The van der Waals surface area contributed by atoms with E-state index in [2.05, 4.69) is 10.6 Å². The van der Waals surface area contributed by atoms with E-state index < -0.39 is 17.7 Å². The molecule has 1 aliphatic carbocycles. The second kappa shape index (κ2) is 6.97. The van der Waals surface area contributed by atoms with Crippen LogP contribution in [-0.2, 0) is 13.2 Å². The number of aliphatic hydroxyl groups excluding tert-OH is 1. The van der Waals surface area contributed by atoms with E-state index in [0.717, 1.165) is 11.1 Å². The number of amides is 2. The Morgan fingerprint density at radius 3 is 2.42 bits per heavy atom. The van der Waals surface area contributed by atoms with Gasteiger partial charge in [-0.2, -0.15) is 0 Å². The molecule has 126 valence electrons. The highest BCUT2D eigenvalue weighted by Crippen LogP contribution is 2.42. The number of halogens is 2. The molecule has 4 nitrogen and oxygen atoms in total. The molecule has 3 N–H and O–H groups in total. The van der Waals surface area contributed by atoms with Crippen LogP contribution in [0.2, 0.25) is 0 Å². The van der Waals surface area contributed by atoms with Gasteiger partial charge in [0.15, 0.2) is 0 Å². The Morgan fingerprint density at radius 1 is 1.08 bits per heavy atom. The van der Waals surface area contributed by atoms with Crippen molar-refractivity contribution in [3.8, 4) is 0 Å². The van der Waals surface area contributed by atoms with Crippen molar-refractivity contribution in [2.75, 3.05) is 0 Å². The van der Waals surface area contributed by atoms with Crippen LogP contribution >= 0.6 is 0 Å². The Morgan fingerprint density at radius 2 is 1.75 bits per heavy atom. The third kappa shape index (κ3) is 3.54. The number of rotatable bonds is 5. The van der Waals surface area contributed by atoms with Crippen molar-refractivity contribution in [1.29, 1.82) is 0 Å². The molecule has 6 heteroatoms. The molecular formula is C18H18F2N2O2. The third-order valence-electron chi connectivity index (χ3n) is 4.21. The summed E-state index contributed by atoms with van der Waals surface area (Å²) in [7, 11) is 0. The number of nitrogens with one attached hydrogen (secondary N) is 2. The molecule has 0 spiro atoms. The average molecular weight is 332 g/mol. The second-order valence-corrected chi connectivity index (χ2v) is 5.84. The van der Waals surface area contributed by atoms with Crippen molar-refractivity contribution < 1.29 is 18.7 Å². The second-order valence-electron chi connectivity index (χ2n) is 5.84. The molecule has 1 saturated carbocycles. The Kier molecular flexibility index (Phi) is 4.76. The lowest BCUT2D eigenvalue weighted by Crippen LogP contribution is -2.37. The first kappa shape index (κ1) is 16.4. The minimum atomic E-state index is -0.582. The zero-order chi connectivity index (χ0) is 17.1. The van der Waals surface area contributed by atoms with Gasteiger partial charge >= 0.3 is 6.03 Å². The van der Waals surface area contributed by atoms with Crippen LogP contribution in [0.25, 0.3) is 0 Å². The third-order valence-corrected chi connectivity index (χ3v) is 4.21. The lowest BCUT2D eigenvalue weighted by molar-refractivity contribution is 0.239. The molecule has 2 aromatic carbocycles. The number of carbonyl (C=O) groups excluding carboxylic acids is 1. The molecule has 0 aliphatic heterocycles. The van der Waals surface area contributed by atoms with Gasteiger partial charge in [0.2, 0.25) is 0 Å². The summed E-state index contributed by atoms with van der Waals surface area (Å²) in [5, 5.41) is 14.7. The highest BCUT2D eigenvalue weighted by Gasteiger charge is 2.42. The summed E-state index contributed by atoms with van der Waals surface area (Å²) in [4.78, 5) is 11.9. The lowest BCUT2D eigenvalue weighted by Gasteiger charge is -2.10. The van der Waals surface area contributed by atoms with Crippen molar-refractivity contribution in [2.45, 2.75) is 31.5 Å². The van der Waals surface area contributed by atoms with Gasteiger partial charge in [-0.1, -0.05) is 30.3 Å². The Hall–Kier alpha value is -2.47. The van der Waals surface area contributed by atoms with Gasteiger partial charge in [-0.25, -0.2) is 13.6 Å². The maximum absolute atomic E-state index is 13.7. The van der Waals surface area contributed by atoms with Gasteiger partial charge < -0.3 is 15.7 Å². The molecular weight excluding hydrogens is 314 g/mol. The van der Waals surface area contributed by atoms with Crippen LogP contribution in [-0.4, -0.2) is 17.2 Å². The molecule has 24 heavy (non-hydrogen) atoms. The molecule has 0 saturated heterocycles. The average Bonchev–Trinajstić information content (AvgIpc) is 3.31. The first-order valence-corrected chi connectivity index (χ1v) is 7.76. The molecule has 2 unspecified atom stereocenters. The number of carbonyl (C=O) groups is 1. The summed E-state index contributed by atoms with van der Waals surface area (Å²) in [5.74, 6) is -1.50. The van der Waals surface area contributed by atoms with Gasteiger partial charge in [-0.05, 0) is 29.7 Å². The van der Waals surface area contributed by atoms with E-state index in [1.54, 1.807) is 6.07 Å². The van der Waals surface area contributed by atoms with Gasteiger partial charge in [0, 0.05) is 24.1 Å². The minimum Gasteiger partial charge on any atom is -0.392 e. The fraction of sp³-hybridized carbons (Fsp3) is 0.278. The molecule has 3 rings (SSSR count). The van der Waals surface area contributed by atoms with Gasteiger partial charge in [-0.3, -0.25) is 0 Å². The van der Waals surface area contributed by atoms with E-state index in [1.165, 1.54) is 18.2 Å². The zero-order valence-electron chi connectivity index (χ0n) is 12.9. The maximum atomic E-state index is 13.7. The smallest absolute Gasteiger partial charge is 0.315 e. The minimum absolute atomic E-state index is 0.0356. The largest absolute Gasteiger partial charge is 0.392 e. The predicted octanol–water partition coefficient (Wildman–Crippen LogP) is 2.81. The quantitative estimate of drug-likeness (QED) is 0.788. The maximum Gasteiger partial charge on any atom is 0.315 e. The molecule has 2 aromatic rings. The van der Waals surface area contributed by atoms with Crippen molar-refractivity contribution in [1.82, 2.24) is 10.6 Å². The summed E-state index contributed by atoms with van der Waals surface area (Å²) in [6.45, 7) is 0.171. The van der Waals surface area contributed by atoms with E-state index in [1.807, 2.05) is 18.2 Å². The van der Waals surface area contributed by atoms with Gasteiger partial charge in [0.05, 0.1) is 6.61 Å². The fourth-order valence-corrected chi connectivity index (χ4v) is 2.82. The Balaban J connectivity index is 1.54. The van der Waals surface area contributed by atoms with Crippen LogP contribution in [0.5, 0.6) is 0 Å². The molecule has 0 aromatic heterocycles. The van der Waals surface area contributed by atoms with Crippen molar-refractivity contribution in [2.24, 2.45) is 0 Å². The molecule has 0 bridgehead atoms. The van der Waals surface area contributed by atoms with Crippen LogP contribution in [0.1, 0.15) is 29.0 Å². The SMILES string of the molecule is O=C(NCc1ccccc1CO)NC1CC1c1c(F)cccc1F. The van der Waals surface area contributed by atoms with Crippen molar-refractivity contribution >= 4 is 6.03 Å². The highest BCUT2D eigenvalue weighted by atomic mass is 19.1. The first-order chi connectivity index (χ1) is 11.6. The van der Waals surface area contributed by atoms with Crippen LogP contribution in [0.4, 0.5) is 13.6 Å². The summed E-state index contributed by atoms with van der Waals surface area (Å²) in [6, 6.07) is 10.3. The van der Waals surface area contributed by atoms with E-state index in [0.29, 0.717) is 6.42 Å². The summed E-state index contributed by atoms with van der Waals surface area (Å²) in [6.07, 6.45) is 0.512. The summed E-state index contributed by atoms with van der Waals surface area (Å²) in [5.41, 5.74) is 1.60. The van der Waals surface area contributed by atoms with E-state index in [-0.39, 0.29) is 30.7 Å². The number of hydrogen-bond donors (Lipinski definition) is 3. The molecule has 2 amide bonds. The lowest BCUT2D eigenvalue weighted by atomic mass is 10.1. The van der Waals surface area contributed by atoms with Crippen LogP contribution in [0.3, 0.4) is 0 Å². The fourth-order valence-electron chi connectivity index (χ4n) is 2.82. The van der Waals surface area contributed by atoms with Gasteiger partial charge in [-0.15, -0.1) is 0 Å². The molecule has 1 fully saturated rings. The number of urea groups is 1. The molecule has 2 atom stereocenters.